The smallest absolute Gasteiger partial charge is 0.0266 e. The van der Waals surface area contributed by atoms with E-state index in [1.165, 1.54) is 0 Å². The van der Waals surface area contributed by atoms with Crippen LogP contribution in [0, 0.1) is 0 Å². The predicted molar refractivity (Wildman–Crippen MR) is 52.4 cm³/mol. The van der Waals surface area contributed by atoms with Crippen LogP contribution >= 0.6 is 0 Å². The van der Waals surface area contributed by atoms with E-state index in [1.807, 2.05) is 43.4 Å². The Morgan fingerprint density at radius 1 is 1.18 bits per heavy atom. The first-order valence-electron chi connectivity index (χ1n) is 3.59. The topological polar surface area (TPSA) is 0 Å². The van der Waals surface area contributed by atoms with E-state index >= 15 is 0 Å². The molecule has 0 fully saturated rings. The Morgan fingerprint density at radius 2 is 1.91 bits per heavy atom. The number of hydrogen-bond donors (Lipinski definition) is 0. The van der Waals surface area contributed by atoms with Crippen LogP contribution < -0.4 is 0 Å². The average molecular weight is 146 g/mol. The van der Waals surface area contributed by atoms with Crippen molar-refractivity contribution in [2.45, 2.75) is 6.92 Å². The second-order valence-electron chi connectivity index (χ2n) is 1.99. The van der Waals surface area contributed by atoms with Gasteiger partial charge in [0, 0.05) is 0 Å². The first kappa shape index (κ1) is 9.70. The van der Waals surface area contributed by atoms with Gasteiger partial charge < -0.3 is 0 Å². The van der Waals surface area contributed by atoms with Crippen molar-refractivity contribution in [1.29, 1.82) is 0 Å². The lowest BCUT2D eigenvalue weighted by molar-refractivity contribution is 1.64. The van der Waals surface area contributed by atoms with Crippen LogP contribution in [0.4, 0.5) is 0 Å². The number of hydrogen-bond acceptors (Lipinski definition) is 0. The lowest BCUT2D eigenvalue weighted by atomic mass is 10.2. The van der Waals surface area contributed by atoms with Crippen molar-refractivity contribution >= 4 is 0 Å². The molecule has 0 radical (unpaired) electrons. The molecule has 11 heavy (non-hydrogen) atoms. The van der Waals surface area contributed by atoms with Crippen LogP contribution in [-0.2, 0) is 0 Å². The van der Waals surface area contributed by atoms with Crippen molar-refractivity contribution in [3.05, 3.63) is 61.3 Å². The molecule has 0 aliphatic carbocycles. The van der Waals surface area contributed by atoms with Crippen LogP contribution in [0.1, 0.15) is 6.92 Å². The van der Waals surface area contributed by atoms with Crippen LogP contribution in [-0.4, -0.2) is 0 Å². The van der Waals surface area contributed by atoms with Gasteiger partial charge in [-0.3, -0.25) is 0 Å². The molecule has 0 unspecified atom stereocenters. The lowest BCUT2D eigenvalue weighted by Gasteiger charge is -1.86. The minimum atomic E-state index is 1.10. The minimum Gasteiger partial charge on any atom is -0.0991 e. The molecule has 0 spiro atoms. The SMILES string of the molecule is C=C\C=C/C=C(C=C)/C=C/C. The highest BCUT2D eigenvalue weighted by atomic mass is 13.8. The summed E-state index contributed by atoms with van der Waals surface area (Å²) in [6, 6.07) is 0. The fourth-order valence-corrected chi connectivity index (χ4v) is 0.629. The Kier molecular flexibility index (Phi) is 6.01. The van der Waals surface area contributed by atoms with Gasteiger partial charge in [-0.15, -0.1) is 0 Å². The molecule has 0 heteroatoms. The molecular weight excluding hydrogens is 132 g/mol. The highest BCUT2D eigenvalue weighted by molar-refractivity contribution is 5.32. The normalized spacial score (nSPS) is 12.6. The van der Waals surface area contributed by atoms with Crippen molar-refractivity contribution in [2.24, 2.45) is 0 Å². The molecule has 0 aliphatic heterocycles. The molecule has 0 aromatic rings. The molecule has 58 valence electrons. The van der Waals surface area contributed by atoms with Gasteiger partial charge in [0.1, 0.15) is 0 Å². The van der Waals surface area contributed by atoms with E-state index in [4.69, 9.17) is 0 Å². The van der Waals surface area contributed by atoms with E-state index in [2.05, 4.69) is 13.2 Å². The first-order valence-corrected chi connectivity index (χ1v) is 3.59. The number of rotatable bonds is 4. The molecule has 0 heterocycles. The lowest BCUT2D eigenvalue weighted by Crippen LogP contribution is -1.66. The van der Waals surface area contributed by atoms with Gasteiger partial charge >= 0.3 is 0 Å². The maximum atomic E-state index is 3.68. The first-order chi connectivity index (χ1) is 5.35. The zero-order valence-corrected chi connectivity index (χ0v) is 6.96. The van der Waals surface area contributed by atoms with Gasteiger partial charge in [-0.05, 0) is 12.5 Å². The summed E-state index contributed by atoms with van der Waals surface area (Å²) >= 11 is 0. The van der Waals surface area contributed by atoms with Crippen LogP contribution in [0.2, 0.25) is 0 Å². The van der Waals surface area contributed by atoms with Gasteiger partial charge in [0.2, 0.25) is 0 Å². The van der Waals surface area contributed by atoms with E-state index in [0.717, 1.165) is 5.57 Å². The molecule has 0 nitrogen and oxygen atoms in total. The van der Waals surface area contributed by atoms with E-state index in [-0.39, 0.29) is 0 Å². The third kappa shape index (κ3) is 5.16. The molecule has 0 saturated carbocycles. The second-order valence-corrected chi connectivity index (χ2v) is 1.99. The fourth-order valence-electron chi connectivity index (χ4n) is 0.629. The molecule has 0 saturated heterocycles. The monoisotopic (exact) mass is 146 g/mol. The van der Waals surface area contributed by atoms with Crippen LogP contribution in [0.5, 0.6) is 0 Å². The zero-order valence-electron chi connectivity index (χ0n) is 6.96. The van der Waals surface area contributed by atoms with Gasteiger partial charge in [-0.1, -0.05) is 55.7 Å². The largest absolute Gasteiger partial charge is 0.0991 e. The molecule has 0 amide bonds. The van der Waals surface area contributed by atoms with Crippen molar-refractivity contribution in [3.63, 3.8) is 0 Å². The summed E-state index contributed by atoms with van der Waals surface area (Å²) in [7, 11) is 0. The van der Waals surface area contributed by atoms with E-state index in [0.29, 0.717) is 0 Å². The Balaban J connectivity index is 4.22. The van der Waals surface area contributed by atoms with E-state index < -0.39 is 0 Å². The van der Waals surface area contributed by atoms with E-state index in [1.54, 1.807) is 6.08 Å². The Morgan fingerprint density at radius 3 is 2.36 bits per heavy atom. The molecular formula is C11H14. The highest BCUT2D eigenvalue weighted by Crippen LogP contribution is 1.97. The van der Waals surface area contributed by atoms with Gasteiger partial charge in [-0.25, -0.2) is 0 Å². The van der Waals surface area contributed by atoms with Crippen LogP contribution in [0.3, 0.4) is 0 Å². The van der Waals surface area contributed by atoms with Crippen molar-refractivity contribution in [1.82, 2.24) is 0 Å². The van der Waals surface area contributed by atoms with Gasteiger partial charge in [-0.2, -0.15) is 0 Å². The quantitative estimate of drug-likeness (QED) is 0.533. The average Bonchev–Trinajstić information content (AvgIpc) is 2.03. The summed E-state index contributed by atoms with van der Waals surface area (Å²) in [4.78, 5) is 0. The van der Waals surface area contributed by atoms with Gasteiger partial charge in [0.05, 0.1) is 0 Å². The molecule has 0 aromatic carbocycles. The van der Waals surface area contributed by atoms with Crippen molar-refractivity contribution < 1.29 is 0 Å². The second kappa shape index (κ2) is 6.81. The van der Waals surface area contributed by atoms with Crippen molar-refractivity contribution in [2.75, 3.05) is 0 Å². The summed E-state index contributed by atoms with van der Waals surface area (Å²) in [5.74, 6) is 0. The number of allylic oxidation sites excluding steroid dienone is 8. The summed E-state index contributed by atoms with van der Waals surface area (Å²) in [6.07, 6.45) is 13.3. The predicted octanol–water partition coefficient (Wildman–Crippen LogP) is 3.42. The maximum absolute atomic E-state index is 3.68. The summed E-state index contributed by atoms with van der Waals surface area (Å²) < 4.78 is 0. The third-order valence-corrected chi connectivity index (χ3v) is 1.13. The Labute approximate surface area is 68.9 Å². The minimum absolute atomic E-state index is 1.10. The van der Waals surface area contributed by atoms with Gasteiger partial charge in [0.15, 0.2) is 0 Å². The Bertz CT molecular complexity index is 202. The standard InChI is InChI=1S/C11H14/c1-4-7-8-10-11(6-3)9-5-2/h4-10H,1,3H2,2H3/b8-7-,9-5+,11-10+. The van der Waals surface area contributed by atoms with Crippen LogP contribution in [0.25, 0.3) is 0 Å². The van der Waals surface area contributed by atoms with Crippen molar-refractivity contribution in [3.8, 4) is 0 Å². The highest BCUT2D eigenvalue weighted by Gasteiger charge is 1.77. The zero-order chi connectivity index (χ0) is 8.53. The van der Waals surface area contributed by atoms with Crippen LogP contribution in [0.15, 0.2) is 61.3 Å². The fraction of sp³-hybridized carbons (Fsp3) is 0.0909. The Hall–Kier alpha value is -1.30. The van der Waals surface area contributed by atoms with Gasteiger partial charge in [0.25, 0.3) is 0 Å². The molecule has 0 aliphatic rings. The van der Waals surface area contributed by atoms with E-state index in [9.17, 15) is 0 Å². The summed E-state index contributed by atoms with van der Waals surface area (Å²) in [6.45, 7) is 9.23. The molecule has 0 atom stereocenters. The molecule has 0 rings (SSSR count). The molecule has 0 N–H and O–H groups in total. The molecule has 0 aromatic heterocycles. The maximum Gasteiger partial charge on any atom is -0.0266 e. The summed E-state index contributed by atoms with van der Waals surface area (Å²) in [5.41, 5.74) is 1.10. The third-order valence-electron chi connectivity index (χ3n) is 1.13. The summed E-state index contributed by atoms with van der Waals surface area (Å²) in [5, 5.41) is 0. The molecule has 0 bridgehead atoms.